The van der Waals surface area contributed by atoms with Gasteiger partial charge in [0.25, 0.3) is 0 Å². The minimum atomic E-state index is -4.32. The van der Waals surface area contributed by atoms with Crippen LogP contribution in [0.2, 0.25) is 0 Å². The molecule has 21 heavy (non-hydrogen) atoms. The summed E-state index contributed by atoms with van der Waals surface area (Å²) < 4.78 is 50.7. The molecule has 1 atom stereocenters. The maximum absolute atomic E-state index is 13.2. The van der Waals surface area contributed by atoms with Gasteiger partial charge in [-0.3, -0.25) is 0 Å². The summed E-state index contributed by atoms with van der Waals surface area (Å²) in [6.45, 7) is 1.68. The van der Waals surface area contributed by atoms with E-state index in [9.17, 15) is 17.6 Å². The molecular weight excluding hydrogens is 348 g/mol. The molecule has 5 heteroatoms. The lowest BCUT2D eigenvalue weighted by Crippen LogP contribution is -2.05. The fraction of sp³-hybridized carbons (Fsp3) is 0.250. The van der Waals surface area contributed by atoms with Gasteiger partial charge in [-0.1, -0.05) is 40.2 Å². The first kappa shape index (κ1) is 16.0. The Bertz CT molecular complexity index is 617. The summed E-state index contributed by atoms with van der Waals surface area (Å²) >= 11 is 3.49. The lowest BCUT2D eigenvalue weighted by atomic mass is 10.0. The first-order valence-electron chi connectivity index (χ1n) is 6.33. The molecule has 0 aliphatic carbocycles. The van der Waals surface area contributed by atoms with Crippen LogP contribution >= 0.6 is 15.9 Å². The van der Waals surface area contributed by atoms with Gasteiger partial charge in [0.1, 0.15) is 5.82 Å². The Morgan fingerprint density at radius 1 is 1.05 bits per heavy atom. The zero-order valence-electron chi connectivity index (χ0n) is 11.2. The Hall–Kier alpha value is -1.36. The van der Waals surface area contributed by atoms with E-state index in [1.54, 1.807) is 19.1 Å². The zero-order valence-corrected chi connectivity index (χ0v) is 12.8. The topological polar surface area (TPSA) is 0 Å². The number of halogens is 5. The van der Waals surface area contributed by atoms with Crippen LogP contribution in [0.3, 0.4) is 0 Å². The summed E-state index contributed by atoms with van der Waals surface area (Å²) in [5, 5.41) is 0. The maximum Gasteiger partial charge on any atom is 0.416 e. The normalized spacial score (nSPS) is 13.2. The van der Waals surface area contributed by atoms with Crippen LogP contribution in [0.25, 0.3) is 0 Å². The van der Waals surface area contributed by atoms with Gasteiger partial charge in [-0.05, 0) is 48.2 Å². The zero-order chi connectivity index (χ0) is 15.6. The lowest BCUT2D eigenvalue weighted by molar-refractivity contribution is -0.137. The molecular formula is C16H13BrF4. The molecule has 0 aliphatic heterocycles. The molecule has 0 heterocycles. The third kappa shape index (κ3) is 4.06. The standard InChI is InChI=1S/C16H13BrF4/c1-10-8-12(4-7-15(10)18)14(17)9-11-2-5-13(6-3-11)16(19,20)21/h2-8,14H,9H2,1H3. The predicted octanol–water partition coefficient (Wildman–Crippen LogP) is 5.83. The van der Waals surface area contributed by atoms with Crippen molar-refractivity contribution >= 4 is 15.9 Å². The van der Waals surface area contributed by atoms with Crippen molar-refractivity contribution in [3.05, 3.63) is 70.5 Å². The second kappa shape index (κ2) is 6.18. The summed E-state index contributed by atoms with van der Waals surface area (Å²) in [6, 6.07) is 9.88. The van der Waals surface area contributed by atoms with E-state index in [4.69, 9.17) is 0 Å². The molecule has 1 unspecified atom stereocenters. The molecule has 0 amide bonds. The van der Waals surface area contributed by atoms with E-state index in [-0.39, 0.29) is 10.6 Å². The molecule has 0 radical (unpaired) electrons. The molecule has 0 nitrogen and oxygen atoms in total. The van der Waals surface area contributed by atoms with Gasteiger partial charge in [0.2, 0.25) is 0 Å². The van der Waals surface area contributed by atoms with Crippen LogP contribution in [0.1, 0.15) is 27.1 Å². The van der Waals surface area contributed by atoms with Crippen LogP contribution in [0, 0.1) is 12.7 Å². The number of benzene rings is 2. The second-order valence-electron chi connectivity index (χ2n) is 4.87. The van der Waals surface area contributed by atoms with Crippen LogP contribution in [0.5, 0.6) is 0 Å². The van der Waals surface area contributed by atoms with Gasteiger partial charge in [-0.25, -0.2) is 4.39 Å². The van der Waals surface area contributed by atoms with Crippen LogP contribution in [-0.2, 0) is 12.6 Å². The van der Waals surface area contributed by atoms with Gasteiger partial charge >= 0.3 is 6.18 Å². The minimum absolute atomic E-state index is 0.0754. The first-order chi connectivity index (χ1) is 9.77. The number of hydrogen-bond donors (Lipinski definition) is 0. The summed E-state index contributed by atoms with van der Waals surface area (Å²) in [7, 11) is 0. The Balaban J connectivity index is 2.12. The van der Waals surface area contributed by atoms with Crippen LogP contribution in [0.15, 0.2) is 42.5 Å². The lowest BCUT2D eigenvalue weighted by Gasteiger charge is -2.12. The summed E-state index contributed by atoms with van der Waals surface area (Å²) in [5.41, 5.74) is 1.57. The first-order valence-corrected chi connectivity index (χ1v) is 7.25. The van der Waals surface area contributed by atoms with Crippen molar-refractivity contribution in [3.63, 3.8) is 0 Å². The Morgan fingerprint density at radius 3 is 2.19 bits per heavy atom. The van der Waals surface area contributed by atoms with E-state index in [0.717, 1.165) is 23.3 Å². The fourth-order valence-corrected chi connectivity index (χ4v) is 2.68. The molecule has 0 N–H and O–H groups in total. The summed E-state index contributed by atoms with van der Waals surface area (Å²) in [4.78, 5) is -0.0754. The molecule has 0 saturated carbocycles. The van der Waals surface area contributed by atoms with Gasteiger partial charge < -0.3 is 0 Å². The highest BCUT2D eigenvalue weighted by atomic mass is 79.9. The molecule has 0 spiro atoms. The minimum Gasteiger partial charge on any atom is -0.207 e. The van der Waals surface area contributed by atoms with Crippen molar-refractivity contribution in [3.8, 4) is 0 Å². The summed E-state index contributed by atoms with van der Waals surface area (Å²) in [6.07, 6.45) is -3.79. The van der Waals surface area contributed by atoms with E-state index in [0.29, 0.717) is 12.0 Å². The van der Waals surface area contributed by atoms with Crippen molar-refractivity contribution in [2.45, 2.75) is 24.3 Å². The molecule has 2 aromatic rings. The number of rotatable bonds is 3. The van der Waals surface area contributed by atoms with E-state index >= 15 is 0 Å². The van der Waals surface area contributed by atoms with Gasteiger partial charge in [-0.15, -0.1) is 0 Å². The van der Waals surface area contributed by atoms with Gasteiger partial charge in [0.05, 0.1) is 5.56 Å². The SMILES string of the molecule is Cc1cc(C(Br)Cc2ccc(C(F)(F)F)cc2)ccc1F. The van der Waals surface area contributed by atoms with Crippen LogP contribution in [-0.4, -0.2) is 0 Å². The predicted molar refractivity (Wildman–Crippen MR) is 78.0 cm³/mol. The Morgan fingerprint density at radius 2 is 1.67 bits per heavy atom. The monoisotopic (exact) mass is 360 g/mol. The quantitative estimate of drug-likeness (QED) is 0.477. The average Bonchev–Trinajstić information content (AvgIpc) is 2.41. The van der Waals surface area contributed by atoms with Gasteiger partial charge in [-0.2, -0.15) is 13.2 Å². The average molecular weight is 361 g/mol. The van der Waals surface area contributed by atoms with E-state index in [1.165, 1.54) is 18.2 Å². The fourth-order valence-electron chi connectivity index (χ4n) is 2.02. The van der Waals surface area contributed by atoms with Crippen LogP contribution < -0.4 is 0 Å². The van der Waals surface area contributed by atoms with Crippen molar-refractivity contribution in [2.75, 3.05) is 0 Å². The van der Waals surface area contributed by atoms with E-state index in [1.807, 2.05) is 0 Å². The molecule has 0 saturated heterocycles. The van der Waals surface area contributed by atoms with Gasteiger partial charge in [0.15, 0.2) is 0 Å². The molecule has 0 aromatic heterocycles. The van der Waals surface area contributed by atoms with Crippen molar-refractivity contribution < 1.29 is 17.6 Å². The molecule has 0 aliphatic rings. The van der Waals surface area contributed by atoms with E-state index < -0.39 is 11.7 Å². The van der Waals surface area contributed by atoms with Gasteiger partial charge in [0, 0.05) is 4.83 Å². The molecule has 0 fully saturated rings. The number of hydrogen-bond acceptors (Lipinski definition) is 0. The highest BCUT2D eigenvalue weighted by Crippen LogP contribution is 2.31. The number of alkyl halides is 4. The highest BCUT2D eigenvalue weighted by molar-refractivity contribution is 9.09. The summed E-state index contributed by atoms with van der Waals surface area (Å²) in [5.74, 6) is -0.270. The third-order valence-corrected chi connectivity index (χ3v) is 4.09. The van der Waals surface area contributed by atoms with Crippen molar-refractivity contribution in [1.29, 1.82) is 0 Å². The van der Waals surface area contributed by atoms with E-state index in [2.05, 4.69) is 15.9 Å². The molecule has 2 rings (SSSR count). The van der Waals surface area contributed by atoms with Crippen LogP contribution in [0.4, 0.5) is 17.6 Å². The Labute approximate surface area is 128 Å². The second-order valence-corrected chi connectivity index (χ2v) is 5.98. The van der Waals surface area contributed by atoms with Crippen molar-refractivity contribution in [1.82, 2.24) is 0 Å². The largest absolute Gasteiger partial charge is 0.416 e. The van der Waals surface area contributed by atoms with Crippen molar-refractivity contribution in [2.24, 2.45) is 0 Å². The highest BCUT2D eigenvalue weighted by Gasteiger charge is 2.29. The maximum atomic E-state index is 13.2. The third-order valence-electron chi connectivity index (χ3n) is 3.24. The molecule has 2 aromatic carbocycles. The molecule has 0 bridgehead atoms. The number of aryl methyl sites for hydroxylation is 1. The smallest absolute Gasteiger partial charge is 0.207 e. The Kier molecular flexibility index (Phi) is 4.71. The molecule has 112 valence electrons.